The van der Waals surface area contributed by atoms with Crippen LogP contribution >= 0.6 is 11.6 Å². The van der Waals surface area contributed by atoms with Gasteiger partial charge < -0.3 is 5.32 Å². The number of nitrogens with one attached hydrogen (secondary N) is 1. The van der Waals surface area contributed by atoms with E-state index in [0.717, 1.165) is 18.4 Å². The Labute approximate surface area is 130 Å². The van der Waals surface area contributed by atoms with Crippen molar-refractivity contribution in [3.05, 3.63) is 76.8 Å². The second-order valence-corrected chi connectivity index (χ2v) is 5.20. The number of benzene rings is 2. The molecule has 0 atom stereocenters. The molecule has 0 radical (unpaired) electrons. The summed E-state index contributed by atoms with van der Waals surface area (Å²) in [4.78, 5) is 11.7. The summed E-state index contributed by atoms with van der Waals surface area (Å²) in [6, 6.07) is 17.7. The monoisotopic (exact) mass is 299 g/mol. The lowest BCUT2D eigenvalue weighted by Gasteiger charge is -2.02. The summed E-state index contributed by atoms with van der Waals surface area (Å²) in [5.41, 5.74) is 2.21. The molecule has 0 saturated carbocycles. The van der Waals surface area contributed by atoms with Crippen LogP contribution in [0.4, 0.5) is 0 Å². The highest BCUT2D eigenvalue weighted by atomic mass is 35.5. The molecule has 0 unspecified atom stereocenters. The molecule has 108 valence electrons. The molecular weight excluding hydrogens is 282 g/mol. The van der Waals surface area contributed by atoms with Gasteiger partial charge in [0.2, 0.25) is 5.91 Å². The van der Waals surface area contributed by atoms with E-state index in [-0.39, 0.29) is 5.91 Å². The Balaban J connectivity index is 1.70. The maximum Gasteiger partial charge on any atom is 0.243 e. The Morgan fingerprint density at radius 3 is 2.67 bits per heavy atom. The van der Waals surface area contributed by atoms with E-state index in [1.54, 1.807) is 6.08 Å². The summed E-state index contributed by atoms with van der Waals surface area (Å²) in [5.74, 6) is -0.0805. The zero-order valence-corrected chi connectivity index (χ0v) is 12.5. The highest BCUT2D eigenvalue weighted by Gasteiger charge is 1.96. The number of carbonyl (C=O) groups is 1. The van der Waals surface area contributed by atoms with Crippen molar-refractivity contribution in [2.24, 2.45) is 0 Å². The third kappa shape index (κ3) is 5.84. The molecule has 3 heteroatoms. The molecule has 0 aliphatic heterocycles. The smallest absolute Gasteiger partial charge is 0.243 e. The van der Waals surface area contributed by atoms with E-state index in [0.29, 0.717) is 11.6 Å². The van der Waals surface area contributed by atoms with Crippen LogP contribution < -0.4 is 5.32 Å². The van der Waals surface area contributed by atoms with Gasteiger partial charge in [-0.15, -0.1) is 0 Å². The first-order chi connectivity index (χ1) is 10.2. The number of hydrogen-bond acceptors (Lipinski definition) is 1. The lowest BCUT2D eigenvalue weighted by Crippen LogP contribution is -2.22. The Morgan fingerprint density at radius 1 is 1.10 bits per heavy atom. The molecule has 0 heterocycles. The summed E-state index contributed by atoms with van der Waals surface area (Å²) < 4.78 is 0. The molecular formula is C18H18ClNO. The topological polar surface area (TPSA) is 29.1 Å². The van der Waals surface area contributed by atoms with Crippen molar-refractivity contribution < 1.29 is 4.79 Å². The van der Waals surface area contributed by atoms with Gasteiger partial charge in [-0.05, 0) is 42.2 Å². The lowest BCUT2D eigenvalue weighted by atomic mass is 10.1. The van der Waals surface area contributed by atoms with Crippen LogP contribution in [0.25, 0.3) is 6.08 Å². The van der Waals surface area contributed by atoms with Crippen molar-refractivity contribution in [2.45, 2.75) is 12.8 Å². The van der Waals surface area contributed by atoms with Crippen LogP contribution in [0.15, 0.2) is 60.7 Å². The summed E-state index contributed by atoms with van der Waals surface area (Å²) in [5, 5.41) is 3.55. The van der Waals surface area contributed by atoms with E-state index in [1.165, 1.54) is 11.6 Å². The molecule has 0 bridgehead atoms. The van der Waals surface area contributed by atoms with Crippen LogP contribution in [0.5, 0.6) is 0 Å². The van der Waals surface area contributed by atoms with Crippen molar-refractivity contribution in [3.63, 3.8) is 0 Å². The number of hydrogen-bond donors (Lipinski definition) is 1. The molecule has 2 aromatic carbocycles. The predicted molar refractivity (Wildman–Crippen MR) is 88.3 cm³/mol. The SMILES string of the molecule is O=C(C=Cc1cccc(Cl)c1)NCCCc1ccccc1. The summed E-state index contributed by atoms with van der Waals surface area (Å²) in [7, 11) is 0. The highest BCUT2D eigenvalue weighted by molar-refractivity contribution is 6.30. The Bertz CT molecular complexity index is 608. The van der Waals surface area contributed by atoms with Gasteiger partial charge in [0.05, 0.1) is 0 Å². The molecule has 0 fully saturated rings. The minimum atomic E-state index is -0.0805. The molecule has 0 spiro atoms. The average molecular weight is 300 g/mol. The van der Waals surface area contributed by atoms with Crippen molar-refractivity contribution >= 4 is 23.6 Å². The minimum Gasteiger partial charge on any atom is -0.353 e. The molecule has 0 aliphatic rings. The summed E-state index contributed by atoms with van der Waals surface area (Å²) >= 11 is 5.89. The van der Waals surface area contributed by atoms with Crippen LogP contribution in [-0.2, 0) is 11.2 Å². The average Bonchev–Trinajstić information content (AvgIpc) is 2.51. The predicted octanol–water partition coefficient (Wildman–Crippen LogP) is 4.10. The fourth-order valence-corrected chi connectivity index (χ4v) is 2.19. The van der Waals surface area contributed by atoms with E-state index in [9.17, 15) is 4.79 Å². The Kier molecular flexibility index (Phi) is 6.04. The van der Waals surface area contributed by atoms with Gasteiger partial charge in [-0.1, -0.05) is 54.1 Å². The minimum absolute atomic E-state index is 0.0805. The van der Waals surface area contributed by atoms with Crippen molar-refractivity contribution in [1.82, 2.24) is 5.32 Å². The number of carbonyl (C=O) groups excluding carboxylic acids is 1. The van der Waals surface area contributed by atoms with Gasteiger partial charge in [-0.2, -0.15) is 0 Å². The van der Waals surface area contributed by atoms with E-state index in [2.05, 4.69) is 17.4 Å². The second-order valence-electron chi connectivity index (χ2n) is 4.77. The standard InChI is InChI=1S/C18H18ClNO/c19-17-10-4-8-16(14-17)11-12-18(21)20-13-5-9-15-6-2-1-3-7-15/h1-4,6-8,10-12,14H,5,9,13H2,(H,20,21). The molecule has 2 rings (SSSR count). The molecule has 2 aromatic rings. The van der Waals surface area contributed by atoms with E-state index >= 15 is 0 Å². The maximum absolute atomic E-state index is 11.7. The van der Waals surface area contributed by atoms with E-state index in [1.807, 2.05) is 42.5 Å². The van der Waals surface area contributed by atoms with Crippen molar-refractivity contribution in [1.29, 1.82) is 0 Å². The normalized spacial score (nSPS) is 10.7. The zero-order valence-electron chi connectivity index (χ0n) is 11.8. The van der Waals surface area contributed by atoms with Gasteiger partial charge in [-0.3, -0.25) is 4.79 Å². The molecule has 0 saturated heterocycles. The quantitative estimate of drug-likeness (QED) is 0.631. The van der Waals surface area contributed by atoms with E-state index < -0.39 is 0 Å². The Morgan fingerprint density at radius 2 is 1.90 bits per heavy atom. The van der Waals surface area contributed by atoms with Crippen molar-refractivity contribution in [2.75, 3.05) is 6.54 Å². The van der Waals surface area contributed by atoms with Crippen LogP contribution in [-0.4, -0.2) is 12.5 Å². The van der Waals surface area contributed by atoms with Crippen LogP contribution in [0.3, 0.4) is 0 Å². The van der Waals surface area contributed by atoms with Gasteiger partial charge in [-0.25, -0.2) is 0 Å². The molecule has 2 nitrogen and oxygen atoms in total. The lowest BCUT2D eigenvalue weighted by molar-refractivity contribution is -0.116. The van der Waals surface area contributed by atoms with E-state index in [4.69, 9.17) is 11.6 Å². The fraction of sp³-hybridized carbons (Fsp3) is 0.167. The first-order valence-corrected chi connectivity index (χ1v) is 7.37. The van der Waals surface area contributed by atoms with Crippen molar-refractivity contribution in [3.8, 4) is 0 Å². The summed E-state index contributed by atoms with van der Waals surface area (Å²) in [6.45, 7) is 0.674. The van der Waals surface area contributed by atoms with Crippen LogP contribution in [0.2, 0.25) is 5.02 Å². The number of halogens is 1. The van der Waals surface area contributed by atoms with Gasteiger partial charge in [0.15, 0.2) is 0 Å². The molecule has 1 N–H and O–H groups in total. The van der Waals surface area contributed by atoms with Crippen LogP contribution in [0.1, 0.15) is 17.5 Å². The summed E-state index contributed by atoms with van der Waals surface area (Å²) in [6.07, 6.45) is 5.20. The molecule has 21 heavy (non-hydrogen) atoms. The second kappa shape index (κ2) is 8.28. The van der Waals surface area contributed by atoms with Gasteiger partial charge in [0, 0.05) is 17.6 Å². The fourth-order valence-electron chi connectivity index (χ4n) is 1.99. The van der Waals surface area contributed by atoms with Gasteiger partial charge in [0.1, 0.15) is 0 Å². The number of rotatable bonds is 6. The zero-order chi connectivity index (χ0) is 14.9. The molecule has 0 aromatic heterocycles. The van der Waals surface area contributed by atoms with Gasteiger partial charge >= 0.3 is 0 Å². The third-order valence-corrected chi connectivity index (χ3v) is 3.30. The first kappa shape index (κ1) is 15.3. The van der Waals surface area contributed by atoms with Crippen LogP contribution in [0, 0.1) is 0 Å². The first-order valence-electron chi connectivity index (χ1n) is 6.99. The third-order valence-electron chi connectivity index (χ3n) is 3.06. The Hall–Kier alpha value is -2.06. The molecule has 0 aliphatic carbocycles. The maximum atomic E-state index is 11.7. The largest absolute Gasteiger partial charge is 0.353 e. The number of aryl methyl sites for hydroxylation is 1. The number of amides is 1. The highest BCUT2D eigenvalue weighted by Crippen LogP contribution is 2.11. The molecule has 1 amide bonds. The van der Waals surface area contributed by atoms with Gasteiger partial charge in [0.25, 0.3) is 0 Å².